The fourth-order valence-electron chi connectivity index (χ4n) is 1.15. The molecule has 1 N–H and O–H groups in total. The van der Waals surface area contributed by atoms with E-state index in [2.05, 4.69) is 0 Å². The van der Waals surface area contributed by atoms with E-state index in [1.54, 1.807) is 0 Å². The van der Waals surface area contributed by atoms with Gasteiger partial charge in [-0.25, -0.2) is 6.14 Å². The molecule has 0 radical (unpaired) electrons. The first-order chi connectivity index (χ1) is 8.55. The van der Waals surface area contributed by atoms with Gasteiger partial charge in [0.15, 0.2) is 3.57 Å². The Morgan fingerprint density at radius 1 is 1.11 bits per heavy atom. The number of rotatable bonds is 4. The van der Waals surface area contributed by atoms with Gasteiger partial charge in [-0.2, -0.15) is 8.42 Å². The lowest BCUT2D eigenvalue weighted by Crippen LogP contribution is -2.06. The Balaban J connectivity index is 3.98. The smallest absolute Gasteiger partial charge is 0.282 e. The molecule has 0 aliphatic rings. The average molecular weight is 406 g/mol. The van der Waals surface area contributed by atoms with Crippen LogP contribution < -0.4 is 0 Å². The standard InChI is InChI=1S/C6H3IN2O9S/c10-7(11)6-4(9(14)15)1-3(8(12)13)2-5(6)19(16,17)18/h1-2H,(H,16,17,18). The van der Waals surface area contributed by atoms with Crippen LogP contribution in [0, 0.1) is 23.8 Å². The molecule has 0 unspecified atom stereocenters. The van der Waals surface area contributed by atoms with Gasteiger partial charge in [-0.1, -0.05) is 0 Å². The third kappa shape index (κ3) is 3.18. The summed E-state index contributed by atoms with van der Waals surface area (Å²) < 4.78 is 51.4. The van der Waals surface area contributed by atoms with Gasteiger partial charge in [0.05, 0.1) is 15.9 Å². The lowest BCUT2D eigenvalue weighted by molar-refractivity contribution is -0.395. The summed E-state index contributed by atoms with van der Waals surface area (Å²) in [6.07, 6.45) is 0. The predicted octanol–water partition coefficient (Wildman–Crippen LogP) is 1.12. The minimum Gasteiger partial charge on any atom is -0.282 e. The maximum absolute atomic E-state index is 11.0. The van der Waals surface area contributed by atoms with Crippen molar-refractivity contribution in [2.45, 2.75) is 4.90 Å². The molecule has 0 saturated heterocycles. The van der Waals surface area contributed by atoms with E-state index in [-0.39, 0.29) is 6.07 Å². The Labute approximate surface area is 111 Å². The zero-order valence-corrected chi connectivity index (χ0v) is 11.5. The van der Waals surface area contributed by atoms with Crippen molar-refractivity contribution in [2.24, 2.45) is 0 Å². The highest BCUT2D eigenvalue weighted by Gasteiger charge is 2.32. The quantitative estimate of drug-likeness (QED) is 0.332. The zero-order valence-electron chi connectivity index (χ0n) is 8.55. The molecule has 1 rings (SSSR count). The molecular weight excluding hydrogens is 403 g/mol. The van der Waals surface area contributed by atoms with E-state index in [0.29, 0.717) is 6.07 Å². The van der Waals surface area contributed by atoms with Crippen LogP contribution in [0.4, 0.5) is 11.4 Å². The van der Waals surface area contributed by atoms with Crippen molar-refractivity contribution in [2.75, 3.05) is 0 Å². The average Bonchev–Trinajstić information content (AvgIpc) is 2.25. The van der Waals surface area contributed by atoms with Crippen LogP contribution >= 0.6 is 19.8 Å². The maximum atomic E-state index is 11.0. The van der Waals surface area contributed by atoms with E-state index >= 15 is 0 Å². The second-order valence-corrected chi connectivity index (χ2v) is 6.69. The largest absolute Gasteiger partial charge is 0.349 e. The van der Waals surface area contributed by atoms with Crippen LogP contribution in [0.3, 0.4) is 0 Å². The van der Waals surface area contributed by atoms with E-state index in [1.165, 1.54) is 0 Å². The summed E-state index contributed by atoms with van der Waals surface area (Å²) in [5, 5.41) is 21.1. The van der Waals surface area contributed by atoms with Gasteiger partial charge >= 0.3 is 19.8 Å². The molecule has 0 amide bonds. The summed E-state index contributed by atoms with van der Waals surface area (Å²) in [4.78, 5) is 17.3. The van der Waals surface area contributed by atoms with Crippen molar-refractivity contribution < 1.29 is 29.0 Å². The monoisotopic (exact) mass is 406 g/mol. The van der Waals surface area contributed by atoms with Crippen molar-refractivity contribution in [1.82, 2.24) is 0 Å². The van der Waals surface area contributed by atoms with Gasteiger partial charge in [0.25, 0.3) is 21.5 Å². The van der Waals surface area contributed by atoms with Gasteiger partial charge in [0, 0.05) is 6.07 Å². The highest BCUT2D eigenvalue weighted by atomic mass is 127. The molecule has 104 valence electrons. The maximum Gasteiger partial charge on any atom is 0.349 e. The first-order valence-electron chi connectivity index (χ1n) is 4.05. The first kappa shape index (κ1) is 15.3. The Hall–Kier alpha value is -1.74. The molecule has 11 nitrogen and oxygen atoms in total. The molecule has 0 bridgehead atoms. The van der Waals surface area contributed by atoms with Gasteiger partial charge in [-0.3, -0.25) is 24.8 Å². The number of halogens is 1. The summed E-state index contributed by atoms with van der Waals surface area (Å²) >= 11 is -4.70. The van der Waals surface area contributed by atoms with Crippen LogP contribution in [0.5, 0.6) is 0 Å². The summed E-state index contributed by atoms with van der Waals surface area (Å²) in [6.45, 7) is 0. The summed E-state index contributed by atoms with van der Waals surface area (Å²) in [6, 6.07) is 0.558. The first-order valence-corrected chi connectivity index (χ1v) is 8.33. The molecular formula is C6H3IN2O9S. The summed E-state index contributed by atoms with van der Waals surface area (Å²) in [5.41, 5.74) is -2.29. The van der Waals surface area contributed by atoms with Crippen molar-refractivity contribution in [1.29, 1.82) is 0 Å². The minimum absolute atomic E-state index is 0.248. The van der Waals surface area contributed by atoms with Crippen LogP contribution in [0.25, 0.3) is 0 Å². The number of non-ortho nitro benzene ring substituents is 1. The van der Waals surface area contributed by atoms with Crippen LogP contribution in [0.15, 0.2) is 17.0 Å². The van der Waals surface area contributed by atoms with Crippen molar-refractivity contribution in [3.63, 3.8) is 0 Å². The third-order valence-electron chi connectivity index (χ3n) is 1.84. The van der Waals surface area contributed by atoms with Gasteiger partial charge in [-0.05, 0) is 0 Å². The van der Waals surface area contributed by atoms with E-state index in [0.717, 1.165) is 0 Å². The second kappa shape index (κ2) is 5.10. The number of benzene rings is 1. The fraction of sp³-hybridized carbons (Fsp3) is 0. The molecule has 13 heteroatoms. The number of hydrogen-bond acceptors (Lipinski definition) is 8. The Morgan fingerprint density at radius 2 is 1.63 bits per heavy atom. The van der Waals surface area contributed by atoms with Gasteiger partial charge in [0.2, 0.25) is 0 Å². The number of nitrogens with zero attached hydrogens (tertiary/aromatic N) is 2. The van der Waals surface area contributed by atoms with Crippen LogP contribution in [0.2, 0.25) is 0 Å². The molecule has 0 heterocycles. The lowest BCUT2D eigenvalue weighted by atomic mass is 10.3. The van der Waals surface area contributed by atoms with E-state index in [4.69, 9.17) is 4.55 Å². The van der Waals surface area contributed by atoms with Crippen molar-refractivity contribution in [3.05, 3.63) is 35.9 Å². The number of hydrogen-bond donors (Lipinski definition) is 1. The zero-order chi connectivity index (χ0) is 15.0. The molecule has 0 fully saturated rings. The molecule has 0 aromatic heterocycles. The normalized spacial score (nSPS) is 11.5. The Morgan fingerprint density at radius 3 is 1.95 bits per heavy atom. The molecule has 0 spiro atoms. The van der Waals surface area contributed by atoms with Crippen molar-refractivity contribution >= 4 is 41.3 Å². The van der Waals surface area contributed by atoms with E-state index < -0.39 is 59.6 Å². The van der Waals surface area contributed by atoms with Gasteiger partial charge < -0.3 is 0 Å². The van der Waals surface area contributed by atoms with Gasteiger partial charge in [0.1, 0.15) is 4.90 Å². The predicted molar refractivity (Wildman–Crippen MR) is 63.7 cm³/mol. The van der Waals surface area contributed by atoms with Crippen LogP contribution in [-0.2, 0) is 16.3 Å². The van der Waals surface area contributed by atoms with Crippen molar-refractivity contribution in [3.8, 4) is 0 Å². The lowest BCUT2D eigenvalue weighted by Gasteiger charge is -2.01. The minimum atomic E-state index is -5.16. The van der Waals surface area contributed by atoms with E-state index in [9.17, 15) is 34.8 Å². The molecule has 1 aromatic carbocycles. The number of nitro groups is 2. The molecule has 0 saturated carbocycles. The highest BCUT2D eigenvalue weighted by molar-refractivity contribution is 14.2. The molecule has 19 heavy (non-hydrogen) atoms. The molecule has 0 aliphatic heterocycles. The van der Waals surface area contributed by atoms with Gasteiger partial charge in [-0.15, -0.1) is 0 Å². The fourth-order valence-corrected chi connectivity index (χ4v) is 4.40. The topological polar surface area (TPSA) is 175 Å². The third-order valence-corrected chi connectivity index (χ3v) is 5.10. The summed E-state index contributed by atoms with van der Waals surface area (Å²) in [7, 11) is -5.16. The second-order valence-electron chi connectivity index (χ2n) is 2.98. The van der Waals surface area contributed by atoms with Crippen LogP contribution in [0.1, 0.15) is 0 Å². The molecule has 1 aromatic rings. The molecule has 0 atom stereocenters. The highest BCUT2D eigenvalue weighted by Crippen LogP contribution is 2.37. The summed E-state index contributed by atoms with van der Waals surface area (Å²) in [5.74, 6) is 0. The van der Waals surface area contributed by atoms with E-state index in [1.807, 2.05) is 0 Å². The van der Waals surface area contributed by atoms with Crippen LogP contribution in [-0.4, -0.2) is 22.8 Å². The number of nitro benzene ring substituents is 2. The Kier molecular flexibility index (Phi) is 4.11. The Bertz CT molecular complexity index is 742. The SMILES string of the molecule is O=[N+]([O-])c1cc([N+](=O)[O-])c(I(=O)=O)c(S(=O)(=O)O)c1. The molecule has 0 aliphatic carbocycles.